The van der Waals surface area contributed by atoms with E-state index in [1.54, 1.807) is 0 Å². The Morgan fingerprint density at radius 2 is 1.85 bits per heavy atom. The summed E-state index contributed by atoms with van der Waals surface area (Å²) in [6, 6.07) is 10.3. The lowest BCUT2D eigenvalue weighted by Crippen LogP contribution is -2.21. The average Bonchev–Trinajstić information content (AvgIpc) is 2.84. The lowest BCUT2D eigenvalue weighted by molar-refractivity contribution is -0.192. The van der Waals surface area contributed by atoms with Crippen LogP contribution in [0.15, 0.2) is 30.3 Å². The molecule has 1 atom stereocenters. The number of aryl methyl sites for hydroxylation is 1. The molecule has 9 heteroatoms. The number of rotatable bonds is 3. The van der Waals surface area contributed by atoms with Crippen LogP contribution in [0.4, 0.5) is 13.2 Å². The Morgan fingerprint density at radius 3 is 2.46 bits per heavy atom. The normalized spacial score (nSPS) is 15.2. The average molecular weight is 370 g/mol. The molecule has 0 unspecified atom stereocenters. The molecule has 0 saturated carbocycles. The minimum Gasteiger partial charge on any atom is -0.475 e. The highest BCUT2D eigenvalue weighted by Gasteiger charge is 2.38. The van der Waals surface area contributed by atoms with Crippen LogP contribution < -0.4 is 5.73 Å². The third-order valence-electron chi connectivity index (χ3n) is 4.01. The molecule has 2 heterocycles. The van der Waals surface area contributed by atoms with Crippen LogP contribution in [0.1, 0.15) is 42.5 Å². The minimum atomic E-state index is -5.08. The van der Waals surface area contributed by atoms with Crippen LogP contribution in [-0.4, -0.2) is 32.0 Å². The van der Waals surface area contributed by atoms with E-state index in [2.05, 4.69) is 26.9 Å². The summed E-state index contributed by atoms with van der Waals surface area (Å²) in [5, 5.41) is 15.8. The van der Waals surface area contributed by atoms with Gasteiger partial charge in [0, 0.05) is 13.0 Å². The molecule has 0 aliphatic carbocycles. The van der Waals surface area contributed by atoms with Gasteiger partial charge in [0.25, 0.3) is 0 Å². The summed E-state index contributed by atoms with van der Waals surface area (Å²) in [5.74, 6) is -0.704. The molecule has 3 N–H and O–H groups in total. The summed E-state index contributed by atoms with van der Waals surface area (Å²) < 4.78 is 34.0. The number of carboxylic acids is 1. The minimum absolute atomic E-state index is 0.0678. The number of nitrogens with zero attached hydrogens (tertiary/aromatic N) is 3. The van der Waals surface area contributed by atoms with E-state index in [1.165, 1.54) is 24.8 Å². The van der Waals surface area contributed by atoms with Crippen LogP contribution in [0.5, 0.6) is 0 Å². The summed E-state index contributed by atoms with van der Waals surface area (Å²) in [6.07, 6.45) is 0.461. The fourth-order valence-corrected chi connectivity index (χ4v) is 2.74. The molecule has 142 valence electrons. The highest BCUT2D eigenvalue weighted by atomic mass is 19.4. The maximum Gasteiger partial charge on any atom is 0.490 e. The van der Waals surface area contributed by atoms with Crippen molar-refractivity contribution in [2.45, 2.75) is 50.9 Å². The number of hydrogen-bond acceptors (Lipinski definition) is 4. The van der Waals surface area contributed by atoms with Crippen LogP contribution >= 0.6 is 0 Å². The standard InChI is InChI=1S/C15H20N4.C2HF3O2/c16-13(11-12-7-3-1-4-8-12)15-18-17-14-9-5-2-6-10-19(14)15;3-2(4,5)1(6)7/h1,3-4,7-8,13H,2,5-6,9-11,16H2;(H,6,7)/t13-;/m0./s1. The number of aliphatic carboxylic acids is 1. The third kappa shape index (κ3) is 5.55. The van der Waals surface area contributed by atoms with Crippen LogP contribution in [0.3, 0.4) is 0 Å². The fourth-order valence-electron chi connectivity index (χ4n) is 2.74. The van der Waals surface area contributed by atoms with Gasteiger partial charge in [-0.2, -0.15) is 13.2 Å². The van der Waals surface area contributed by atoms with Crippen molar-refractivity contribution in [2.24, 2.45) is 5.73 Å². The summed E-state index contributed by atoms with van der Waals surface area (Å²) in [4.78, 5) is 8.90. The van der Waals surface area contributed by atoms with Crippen molar-refractivity contribution >= 4 is 5.97 Å². The maximum atomic E-state index is 10.6. The van der Waals surface area contributed by atoms with E-state index < -0.39 is 12.1 Å². The topological polar surface area (TPSA) is 94.0 Å². The van der Waals surface area contributed by atoms with E-state index in [9.17, 15) is 13.2 Å². The molecule has 6 nitrogen and oxygen atoms in total. The fraction of sp³-hybridized carbons (Fsp3) is 0.471. The highest BCUT2D eigenvalue weighted by molar-refractivity contribution is 5.73. The van der Waals surface area contributed by atoms with Crippen LogP contribution in [-0.2, 0) is 24.2 Å². The van der Waals surface area contributed by atoms with Gasteiger partial charge < -0.3 is 15.4 Å². The second-order valence-electron chi connectivity index (χ2n) is 6.04. The second kappa shape index (κ2) is 8.79. The number of alkyl halides is 3. The van der Waals surface area contributed by atoms with Gasteiger partial charge in [-0.15, -0.1) is 10.2 Å². The van der Waals surface area contributed by atoms with Gasteiger partial charge in [-0.3, -0.25) is 0 Å². The zero-order chi connectivity index (χ0) is 19.2. The first kappa shape index (κ1) is 19.9. The van der Waals surface area contributed by atoms with E-state index in [0.717, 1.165) is 31.0 Å². The summed E-state index contributed by atoms with van der Waals surface area (Å²) in [7, 11) is 0. The van der Waals surface area contributed by atoms with Gasteiger partial charge in [0.1, 0.15) is 11.6 Å². The molecule has 0 saturated heterocycles. The highest BCUT2D eigenvalue weighted by Crippen LogP contribution is 2.20. The monoisotopic (exact) mass is 370 g/mol. The van der Waals surface area contributed by atoms with E-state index in [-0.39, 0.29) is 6.04 Å². The Bertz CT molecular complexity index is 717. The largest absolute Gasteiger partial charge is 0.490 e. The zero-order valence-corrected chi connectivity index (χ0v) is 14.1. The number of halogens is 3. The number of fused-ring (bicyclic) bond motifs is 1. The Balaban J connectivity index is 0.000000298. The van der Waals surface area contributed by atoms with Crippen LogP contribution in [0.25, 0.3) is 0 Å². The van der Waals surface area contributed by atoms with Crippen molar-refractivity contribution in [3.05, 3.63) is 47.5 Å². The lowest BCUT2D eigenvalue weighted by Gasteiger charge is -2.13. The predicted molar refractivity (Wildman–Crippen MR) is 88.3 cm³/mol. The van der Waals surface area contributed by atoms with Crippen molar-refractivity contribution in [1.29, 1.82) is 0 Å². The molecular weight excluding hydrogens is 349 g/mol. The van der Waals surface area contributed by atoms with Gasteiger partial charge in [0.15, 0.2) is 0 Å². The molecular formula is C17H21F3N4O2. The summed E-state index contributed by atoms with van der Waals surface area (Å²) >= 11 is 0. The molecule has 0 fully saturated rings. The number of aromatic nitrogens is 3. The van der Waals surface area contributed by atoms with Gasteiger partial charge in [-0.05, 0) is 24.8 Å². The zero-order valence-electron chi connectivity index (χ0n) is 14.1. The molecule has 3 rings (SSSR count). The first-order valence-corrected chi connectivity index (χ1v) is 8.30. The Morgan fingerprint density at radius 1 is 1.19 bits per heavy atom. The smallest absolute Gasteiger partial charge is 0.475 e. The van der Waals surface area contributed by atoms with Gasteiger partial charge in [0.05, 0.1) is 6.04 Å². The van der Waals surface area contributed by atoms with Crippen LogP contribution in [0, 0.1) is 0 Å². The predicted octanol–water partition coefficient (Wildman–Crippen LogP) is 2.88. The molecule has 0 radical (unpaired) electrons. The van der Waals surface area contributed by atoms with Gasteiger partial charge in [-0.25, -0.2) is 4.79 Å². The van der Waals surface area contributed by atoms with E-state index in [1.807, 2.05) is 18.2 Å². The quantitative estimate of drug-likeness (QED) is 0.866. The van der Waals surface area contributed by atoms with Gasteiger partial charge >= 0.3 is 12.1 Å². The number of carboxylic acid groups (broad SMARTS) is 1. The van der Waals surface area contributed by atoms with Gasteiger partial charge in [-0.1, -0.05) is 36.8 Å². The van der Waals surface area contributed by atoms with Crippen molar-refractivity contribution < 1.29 is 23.1 Å². The maximum absolute atomic E-state index is 10.6. The molecule has 26 heavy (non-hydrogen) atoms. The number of nitrogens with two attached hydrogens (primary N) is 1. The summed E-state index contributed by atoms with van der Waals surface area (Å²) in [5.41, 5.74) is 7.57. The van der Waals surface area contributed by atoms with Crippen molar-refractivity contribution in [3.63, 3.8) is 0 Å². The van der Waals surface area contributed by atoms with Crippen LogP contribution in [0.2, 0.25) is 0 Å². The molecule has 0 amide bonds. The Kier molecular flexibility index (Phi) is 6.73. The van der Waals surface area contributed by atoms with E-state index in [0.29, 0.717) is 0 Å². The Hall–Kier alpha value is -2.42. The number of carbonyl (C=O) groups is 1. The molecule has 1 aromatic heterocycles. The number of benzene rings is 1. The molecule has 0 bridgehead atoms. The number of hydrogen-bond donors (Lipinski definition) is 2. The van der Waals surface area contributed by atoms with Crippen molar-refractivity contribution in [2.75, 3.05) is 0 Å². The first-order chi connectivity index (χ1) is 12.3. The summed E-state index contributed by atoms with van der Waals surface area (Å²) in [6.45, 7) is 1.01. The van der Waals surface area contributed by atoms with Gasteiger partial charge in [0.2, 0.25) is 0 Å². The van der Waals surface area contributed by atoms with Crippen molar-refractivity contribution in [3.8, 4) is 0 Å². The second-order valence-corrected chi connectivity index (χ2v) is 6.04. The van der Waals surface area contributed by atoms with E-state index in [4.69, 9.17) is 15.6 Å². The molecule has 0 spiro atoms. The molecule has 1 aliphatic heterocycles. The SMILES string of the molecule is N[C@@H](Cc1ccccc1)c1nnc2n1CCCCC2.O=C(O)C(F)(F)F. The van der Waals surface area contributed by atoms with Crippen molar-refractivity contribution in [1.82, 2.24) is 14.8 Å². The molecule has 1 aromatic carbocycles. The van der Waals surface area contributed by atoms with E-state index >= 15 is 0 Å². The third-order valence-corrected chi connectivity index (χ3v) is 4.01. The Labute approximate surface area is 148 Å². The lowest BCUT2D eigenvalue weighted by atomic mass is 10.1. The molecule has 2 aromatic rings. The first-order valence-electron chi connectivity index (χ1n) is 8.30. The molecule has 1 aliphatic rings.